The molecule has 2 heteroatoms. The highest BCUT2D eigenvalue weighted by atomic mass is 16.5. The van der Waals surface area contributed by atoms with E-state index in [2.05, 4.69) is 29.6 Å². The van der Waals surface area contributed by atoms with Gasteiger partial charge in [0.1, 0.15) is 5.75 Å². The summed E-state index contributed by atoms with van der Waals surface area (Å²) in [6.07, 6.45) is 3.98. The lowest BCUT2D eigenvalue weighted by atomic mass is 9.81. The topological polar surface area (TPSA) is 21.3 Å². The van der Waals surface area contributed by atoms with E-state index in [1.807, 2.05) is 0 Å². The van der Waals surface area contributed by atoms with Crippen LogP contribution in [0.15, 0.2) is 24.3 Å². The average molecular weight is 217 g/mol. The van der Waals surface area contributed by atoms with Crippen molar-refractivity contribution < 1.29 is 4.74 Å². The minimum absolute atomic E-state index is 0.427. The van der Waals surface area contributed by atoms with Crippen molar-refractivity contribution in [3.63, 3.8) is 0 Å². The Balaban J connectivity index is 1.96. The van der Waals surface area contributed by atoms with Crippen LogP contribution < -0.4 is 10.1 Å². The van der Waals surface area contributed by atoms with Gasteiger partial charge in [-0.3, -0.25) is 0 Å². The highest BCUT2D eigenvalue weighted by Crippen LogP contribution is 2.57. The molecule has 1 unspecified atom stereocenters. The van der Waals surface area contributed by atoms with E-state index in [1.54, 1.807) is 7.11 Å². The van der Waals surface area contributed by atoms with E-state index < -0.39 is 0 Å². The van der Waals surface area contributed by atoms with E-state index in [9.17, 15) is 0 Å². The van der Waals surface area contributed by atoms with Gasteiger partial charge in [0, 0.05) is 11.0 Å². The summed E-state index contributed by atoms with van der Waals surface area (Å²) in [5.41, 5.74) is 1.86. The van der Waals surface area contributed by atoms with E-state index in [0.29, 0.717) is 5.41 Å². The molecule has 0 aromatic heterocycles. The number of methoxy groups -OCH3 is 1. The third kappa shape index (κ3) is 1.44. The summed E-state index contributed by atoms with van der Waals surface area (Å²) in [7, 11) is 1.78. The number of rotatable bonds is 3. The summed E-state index contributed by atoms with van der Waals surface area (Å²) >= 11 is 0. The third-order valence-electron chi connectivity index (χ3n) is 4.27. The Bertz CT molecular complexity index is 378. The van der Waals surface area contributed by atoms with Crippen molar-refractivity contribution in [3.05, 3.63) is 29.8 Å². The maximum atomic E-state index is 5.51. The van der Waals surface area contributed by atoms with Gasteiger partial charge >= 0.3 is 0 Å². The standard InChI is InChI=1S/C14H19NO/c1-16-13-5-3-2-4-12(13)14(7-8-14)11-6-9-15-10-11/h2-5,11,15H,6-10H2,1H3. The fourth-order valence-electron chi connectivity index (χ4n) is 3.21. The number of hydrogen-bond acceptors (Lipinski definition) is 2. The first-order chi connectivity index (χ1) is 7.87. The summed E-state index contributed by atoms with van der Waals surface area (Å²) in [4.78, 5) is 0. The lowest BCUT2D eigenvalue weighted by Crippen LogP contribution is -2.23. The van der Waals surface area contributed by atoms with Gasteiger partial charge in [0.25, 0.3) is 0 Å². The Labute approximate surface area is 97.0 Å². The van der Waals surface area contributed by atoms with Crippen LogP contribution in [0, 0.1) is 5.92 Å². The normalized spacial score (nSPS) is 26.7. The summed E-state index contributed by atoms with van der Waals surface area (Å²) in [5.74, 6) is 1.88. The number of benzene rings is 1. The molecule has 2 nitrogen and oxygen atoms in total. The van der Waals surface area contributed by atoms with Crippen LogP contribution >= 0.6 is 0 Å². The predicted molar refractivity (Wildman–Crippen MR) is 64.9 cm³/mol. The minimum atomic E-state index is 0.427. The summed E-state index contributed by atoms with van der Waals surface area (Å²) in [6, 6.07) is 8.55. The van der Waals surface area contributed by atoms with Crippen LogP contribution in [0.2, 0.25) is 0 Å². The monoisotopic (exact) mass is 217 g/mol. The summed E-state index contributed by atoms with van der Waals surface area (Å²) < 4.78 is 5.51. The fraction of sp³-hybridized carbons (Fsp3) is 0.571. The molecule has 3 rings (SSSR count). The highest BCUT2D eigenvalue weighted by molar-refractivity contribution is 5.44. The van der Waals surface area contributed by atoms with Gasteiger partial charge in [-0.1, -0.05) is 18.2 Å². The Kier molecular flexibility index (Phi) is 2.40. The van der Waals surface area contributed by atoms with Crippen LogP contribution in [0.5, 0.6) is 5.75 Å². The second kappa shape index (κ2) is 3.77. The van der Waals surface area contributed by atoms with Crippen LogP contribution in [0.3, 0.4) is 0 Å². The highest BCUT2D eigenvalue weighted by Gasteiger charge is 2.52. The first kappa shape index (κ1) is 10.2. The summed E-state index contributed by atoms with van der Waals surface area (Å²) in [6.45, 7) is 2.36. The van der Waals surface area contributed by atoms with Crippen molar-refractivity contribution in [3.8, 4) is 5.75 Å². The van der Waals surface area contributed by atoms with Crippen molar-refractivity contribution >= 4 is 0 Å². The Morgan fingerprint density at radius 1 is 1.31 bits per heavy atom. The number of para-hydroxylation sites is 1. The quantitative estimate of drug-likeness (QED) is 0.839. The third-order valence-corrected chi connectivity index (χ3v) is 4.27. The van der Waals surface area contributed by atoms with Crippen LogP contribution in [0.4, 0.5) is 0 Å². The second-order valence-corrected chi connectivity index (χ2v) is 5.05. The van der Waals surface area contributed by atoms with Crippen LogP contribution in [-0.4, -0.2) is 20.2 Å². The van der Waals surface area contributed by atoms with Crippen LogP contribution in [-0.2, 0) is 5.41 Å². The first-order valence-electron chi connectivity index (χ1n) is 6.21. The maximum absolute atomic E-state index is 5.51. The largest absolute Gasteiger partial charge is 0.496 e. The average Bonchev–Trinajstić information content (AvgIpc) is 2.96. The van der Waals surface area contributed by atoms with Crippen LogP contribution in [0.25, 0.3) is 0 Å². The second-order valence-electron chi connectivity index (χ2n) is 5.05. The Hall–Kier alpha value is -1.02. The van der Waals surface area contributed by atoms with Gasteiger partial charge < -0.3 is 10.1 Å². The molecule has 1 aliphatic heterocycles. The molecule has 16 heavy (non-hydrogen) atoms. The van der Waals surface area contributed by atoms with Gasteiger partial charge in [-0.05, 0) is 44.3 Å². The lowest BCUT2D eigenvalue weighted by molar-refractivity contribution is 0.380. The molecule has 1 atom stereocenters. The van der Waals surface area contributed by atoms with Crippen molar-refractivity contribution in [2.75, 3.05) is 20.2 Å². The van der Waals surface area contributed by atoms with E-state index in [1.165, 1.54) is 37.9 Å². The number of nitrogens with one attached hydrogen (secondary N) is 1. The molecular weight excluding hydrogens is 198 g/mol. The molecule has 1 saturated heterocycles. The summed E-state index contributed by atoms with van der Waals surface area (Å²) in [5, 5.41) is 3.48. The predicted octanol–water partition coefficient (Wildman–Crippen LogP) is 2.34. The zero-order valence-electron chi connectivity index (χ0n) is 9.83. The maximum Gasteiger partial charge on any atom is 0.122 e. The molecule has 1 aliphatic carbocycles. The molecular formula is C14H19NO. The molecule has 2 fully saturated rings. The minimum Gasteiger partial charge on any atom is -0.496 e. The van der Waals surface area contributed by atoms with Gasteiger partial charge in [0.2, 0.25) is 0 Å². The molecule has 2 aliphatic rings. The molecule has 0 bridgehead atoms. The zero-order valence-corrected chi connectivity index (χ0v) is 9.83. The molecule has 1 heterocycles. The van der Waals surface area contributed by atoms with Crippen molar-refractivity contribution in [1.29, 1.82) is 0 Å². The first-order valence-corrected chi connectivity index (χ1v) is 6.21. The number of hydrogen-bond donors (Lipinski definition) is 1. The molecule has 0 radical (unpaired) electrons. The molecule has 0 amide bonds. The van der Waals surface area contributed by atoms with Gasteiger partial charge in [0.05, 0.1) is 7.11 Å². The van der Waals surface area contributed by atoms with Gasteiger partial charge in [-0.15, -0.1) is 0 Å². The zero-order chi connectivity index (χ0) is 11.0. The van der Waals surface area contributed by atoms with Crippen LogP contribution in [0.1, 0.15) is 24.8 Å². The Morgan fingerprint density at radius 2 is 2.12 bits per heavy atom. The molecule has 1 N–H and O–H groups in total. The molecule has 1 saturated carbocycles. The van der Waals surface area contributed by atoms with Gasteiger partial charge in [0.15, 0.2) is 0 Å². The van der Waals surface area contributed by atoms with E-state index >= 15 is 0 Å². The van der Waals surface area contributed by atoms with E-state index in [4.69, 9.17) is 4.74 Å². The van der Waals surface area contributed by atoms with Crippen molar-refractivity contribution in [2.45, 2.75) is 24.7 Å². The Morgan fingerprint density at radius 3 is 2.75 bits per heavy atom. The lowest BCUT2D eigenvalue weighted by Gasteiger charge is -2.24. The number of ether oxygens (including phenoxy) is 1. The van der Waals surface area contributed by atoms with Gasteiger partial charge in [-0.25, -0.2) is 0 Å². The SMILES string of the molecule is COc1ccccc1C1(C2CCNC2)CC1. The van der Waals surface area contributed by atoms with E-state index in [0.717, 1.165) is 11.7 Å². The smallest absolute Gasteiger partial charge is 0.122 e. The fourth-order valence-corrected chi connectivity index (χ4v) is 3.21. The van der Waals surface area contributed by atoms with Crippen molar-refractivity contribution in [1.82, 2.24) is 5.32 Å². The molecule has 1 aromatic rings. The van der Waals surface area contributed by atoms with Gasteiger partial charge in [-0.2, -0.15) is 0 Å². The molecule has 1 aromatic carbocycles. The molecule has 0 spiro atoms. The van der Waals surface area contributed by atoms with E-state index in [-0.39, 0.29) is 0 Å². The molecule has 86 valence electrons. The van der Waals surface area contributed by atoms with Crippen molar-refractivity contribution in [2.24, 2.45) is 5.92 Å².